The number of carbonyl (C=O) groups is 2. The smallest absolute Gasteiger partial charge is 0.318 e. The Hall–Kier alpha value is -3.13. The summed E-state index contributed by atoms with van der Waals surface area (Å²) in [4.78, 5) is 25.6. The van der Waals surface area contributed by atoms with Crippen molar-refractivity contribution in [1.29, 1.82) is 0 Å². The first-order valence-corrected chi connectivity index (χ1v) is 8.35. The maximum absolute atomic E-state index is 12.9. The molecular formula is C19H20FN3O4. The molecule has 0 unspecified atom stereocenters. The SMILES string of the molecule is CC1(C)[C@H](C(=O)NO)NC(=O)N1Cc1ccc(Oc2ccc(F)cc2)cc1. The van der Waals surface area contributed by atoms with E-state index in [0.29, 0.717) is 11.5 Å². The quantitative estimate of drug-likeness (QED) is 0.555. The number of nitrogens with one attached hydrogen (secondary N) is 2. The number of ether oxygens (including phenoxy) is 1. The van der Waals surface area contributed by atoms with Crippen molar-refractivity contribution in [2.24, 2.45) is 0 Å². The molecule has 0 spiro atoms. The van der Waals surface area contributed by atoms with Crippen LogP contribution in [0.2, 0.25) is 0 Å². The number of halogens is 1. The van der Waals surface area contributed by atoms with E-state index in [-0.39, 0.29) is 18.4 Å². The van der Waals surface area contributed by atoms with Gasteiger partial charge in [0, 0.05) is 6.54 Å². The summed E-state index contributed by atoms with van der Waals surface area (Å²) in [5.41, 5.74) is 1.60. The maximum Gasteiger partial charge on any atom is 0.318 e. The number of urea groups is 1. The molecule has 3 N–H and O–H groups in total. The summed E-state index contributed by atoms with van der Waals surface area (Å²) in [6.45, 7) is 3.78. The van der Waals surface area contributed by atoms with Crippen LogP contribution in [-0.2, 0) is 11.3 Å². The molecule has 7 nitrogen and oxygen atoms in total. The van der Waals surface area contributed by atoms with Crippen LogP contribution in [0.5, 0.6) is 11.5 Å². The van der Waals surface area contributed by atoms with Crippen molar-refractivity contribution in [3.63, 3.8) is 0 Å². The highest BCUT2D eigenvalue weighted by Gasteiger charge is 2.49. The molecule has 1 saturated heterocycles. The van der Waals surface area contributed by atoms with Crippen molar-refractivity contribution in [3.05, 3.63) is 59.9 Å². The second-order valence-corrected chi connectivity index (χ2v) is 6.80. The summed E-state index contributed by atoms with van der Waals surface area (Å²) < 4.78 is 18.6. The van der Waals surface area contributed by atoms with E-state index in [0.717, 1.165) is 5.56 Å². The Kier molecular flexibility index (Phi) is 5.00. The van der Waals surface area contributed by atoms with Crippen LogP contribution in [0.15, 0.2) is 48.5 Å². The van der Waals surface area contributed by atoms with E-state index in [4.69, 9.17) is 9.94 Å². The van der Waals surface area contributed by atoms with Crippen molar-refractivity contribution < 1.29 is 23.9 Å². The molecule has 1 atom stereocenters. The molecule has 0 radical (unpaired) electrons. The van der Waals surface area contributed by atoms with Crippen LogP contribution in [-0.4, -0.2) is 33.6 Å². The number of nitrogens with zero attached hydrogens (tertiary/aromatic N) is 1. The van der Waals surface area contributed by atoms with E-state index in [1.54, 1.807) is 31.5 Å². The number of amides is 3. The van der Waals surface area contributed by atoms with E-state index >= 15 is 0 Å². The second-order valence-electron chi connectivity index (χ2n) is 6.80. The average molecular weight is 373 g/mol. The second kappa shape index (κ2) is 7.24. The van der Waals surface area contributed by atoms with Crippen LogP contribution in [0, 0.1) is 5.82 Å². The van der Waals surface area contributed by atoms with Gasteiger partial charge in [0.1, 0.15) is 23.4 Å². The largest absolute Gasteiger partial charge is 0.457 e. The van der Waals surface area contributed by atoms with E-state index in [9.17, 15) is 14.0 Å². The van der Waals surface area contributed by atoms with Gasteiger partial charge in [0.25, 0.3) is 5.91 Å². The third-order valence-electron chi connectivity index (χ3n) is 4.60. The molecule has 2 aromatic carbocycles. The van der Waals surface area contributed by atoms with Crippen molar-refractivity contribution in [1.82, 2.24) is 15.7 Å². The zero-order chi connectivity index (χ0) is 19.6. The maximum atomic E-state index is 12.9. The predicted octanol–water partition coefficient (Wildman–Crippen LogP) is 2.80. The lowest BCUT2D eigenvalue weighted by Crippen LogP contribution is -2.53. The molecule has 3 amide bonds. The van der Waals surface area contributed by atoms with E-state index in [1.165, 1.54) is 29.2 Å². The fraction of sp³-hybridized carbons (Fsp3) is 0.263. The van der Waals surface area contributed by atoms with Gasteiger partial charge in [-0.2, -0.15) is 0 Å². The summed E-state index contributed by atoms with van der Waals surface area (Å²) in [5, 5.41) is 11.4. The summed E-state index contributed by atoms with van der Waals surface area (Å²) in [5.74, 6) is 0.0892. The number of hydrogen-bond acceptors (Lipinski definition) is 4. The van der Waals surface area contributed by atoms with E-state index in [1.807, 2.05) is 12.1 Å². The first-order chi connectivity index (χ1) is 12.8. The Labute approximate surface area is 155 Å². The summed E-state index contributed by atoms with van der Waals surface area (Å²) in [7, 11) is 0. The molecule has 1 aliphatic heterocycles. The summed E-state index contributed by atoms with van der Waals surface area (Å²) in [6.07, 6.45) is 0. The number of hydroxylamine groups is 1. The highest BCUT2D eigenvalue weighted by atomic mass is 19.1. The van der Waals surface area contributed by atoms with Crippen LogP contribution < -0.4 is 15.5 Å². The van der Waals surface area contributed by atoms with Crippen molar-refractivity contribution in [2.45, 2.75) is 32.0 Å². The topological polar surface area (TPSA) is 90.9 Å². The molecule has 0 aliphatic carbocycles. The van der Waals surface area contributed by atoms with Gasteiger partial charge in [-0.1, -0.05) is 12.1 Å². The van der Waals surface area contributed by atoms with Crippen LogP contribution in [0.25, 0.3) is 0 Å². The van der Waals surface area contributed by atoms with E-state index < -0.39 is 17.5 Å². The normalized spacial score (nSPS) is 18.1. The molecule has 27 heavy (non-hydrogen) atoms. The lowest BCUT2D eigenvalue weighted by atomic mass is 9.94. The number of rotatable bonds is 5. The average Bonchev–Trinajstić information content (AvgIpc) is 2.87. The standard InChI is InChI=1S/C19H20FN3O4/c1-19(2)16(17(24)22-26)21-18(25)23(19)11-12-3-7-14(8-4-12)27-15-9-5-13(20)6-10-15/h3-10,16,26H,11H2,1-2H3,(H,21,25)(H,22,24)/t16-/m0/s1. The lowest BCUT2D eigenvalue weighted by Gasteiger charge is -2.33. The van der Waals surface area contributed by atoms with Gasteiger partial charge in [0.2, 0.25) is 0 Å². The number of hydrogen-bond donors (Lipinski definition) is 3. The van der Waals surface area contributed by atoms with Gasteiger partial charge in [0.15, 0.2) is 0 Å². The minimum absolute atomic E-state index is 0.283. The van der Waals surface area contributed by atoms with Crippen LogP contribution >= 0.6 is 0 Å². The zero-order valence-electron chi connectivity index (χ0n) is 14.9. The monoisotopic (exact) mass is 373 g/mol. The Balaban J connectivity index is 1.70. The molecule has 1 aliphatic rings. The van der Waals surface area contributed by atoms with Crippen LogP contribution in [0.3, 0.4) is 0 Å². The molecule has 1 fully saturated rings. The minimum atomic E-state index is -0.865. The number of carbonyl (C=O) groups excluding carboxylic acids is 2. The molecule has 0 saturated carbocycles. The van der Waals surface area contributed by atoms with Gasteiger partial charge in [-0.25, -0.2) is 14.7 Å². The predicted molar refractivity (Wildman–Crippen MR) is 94.8 cm³/mol. The molecular weight excluding hydrogens is 353 g/mol. The highest BCUT2D eigenvalue weighted by Crippen LogP contribution is 2.29. The van der Waals surface area contributed by atoms with Gasteiger partial charge >= 0.3 is 6.03 Å². The van der Waals surface area contributed by atoms with Gasteiger partial charge in [-0.3, -0.25) is 10.0 Å². The molecule has 0 bridgehead atoms. The number of benzene rings is 2. The Morgan fingerprint density at radius 2 is 1.74 bits per heavy atom. The third-order valence-corrected chi connectivity index (χ3v) is 4.60. The fourth-order valence-corrected chi connectivity index (χ4v) is 3.01. The van der Waals surface area contributed by atoms with Gasteiger partial charge < -0.3 is 15.0 Å². The Bertz CT molecular complexity index is 837. The molecule has 142 valence electrons. The first kappa shape index (κ1) is 18.7. The molecule has 1 heterocycles. The van der Waals surface area contributed by atoms with Crippen LogP contribution in [0.4, 0.5) is 9.18 Å². The summed E-state index contributed by atoms with van der Waals surface area (Å²) in [6, 6.07) is 11.6. The van der Waals surface area contributed by atoms with Crippen molar-refractivity contribution in [3.8, 4) is 11.5 Å². The molecule has 3 rings (SSSR count). The minimum Gasteiger partial charge on any atom is -0.457 e. The van der Waals surface area contributed by atoms with Crippen molar-refractivity contribution >= 4 is 11.9 Å². The van der Waals surface area contributed by atoms with E-state index in [2.05, 4.69) is 5.32 Å². The first-order valence-electron chi connectivity index (χ1n) is 8.35. The van der Waals surface area contributed by atoms with Crippen molar-refractivity contribution in [2.75, 3.05) is 0 Å². The van der Waals surface area contributed by atoms with Gasteiger partial charge in [-0.15, -0.1) is 0 Å². The molecule has 8 heteroatoms. The lowest BCUT2D eigenvalue weighted by molar-refractivity contribution is -0.132. The Morgan fingerprint density at radius 1 is 1.19 bits per heavy atom. The van der Waals surface area contributed by atoms with Crippen LogP contribution in [0.1, 0.15) is 19.4 Å². The Morgan fingerprint density at radius 3 is 2.30 bits per heavy atom. The zero-order valence-corrected chi connectivity index (χ0v) is 14.9. The van der Waals surface area contributed by atoms with Gasteiger partial charge in [0.05, 0.1) is 5.54 Å². The fourth-order valence-electron chi connectivity index (χ4n) is 3.01. The molecule has 0 aromatic heterocycles. The van der Waals surface area contributed by atoms with Gasteiger partial charge in [-0.05, 0) is 55.8 Å². The molecule has 2 aromatic rings. The third kappa shape index (κ3) is 3.85. The summed E-state index contributed by atoms with van der Waals surface area (Å²) >= 11 is 0. The highest BCUT2D eigenvalue weighted by molar-refractivity contribution is 5.91.